The van der Waals surface area contributed by atoms with Crippen LogP contribution in [-0.4, -0.2) is 43.2 Å². The van der Waals surface area contributed by atoms with Crippen LogP contribution in [0.1, 0.15) is 18.9 Å². The lowest BCUT2D eigenvalue weighted by Gasteiger charge is -2.17. The van der Waals surface area contributed by atoms with E-state index in [0.29, 0.717) is 0 Å². The Morgan fingerprint density at radius 1 is 1.07 bits per heavy atom. The molecule has 0 bridgehead atoms. The average Bonchev–Trinajstić information content (AvgIpc) is 2.65. The Kier molecular flexibility index (Phi) is 7.71. The third-order valence-electron chi connectivity index (χ3n) is 3.97. The number of carbonyl (C=O) groups is 2. The minimum atomic E-state index is -4.26. The van der Waals surface area contributed by atoms with E-state index < -0.39 is 33.8 Å². The molecular weight excluding hydrogens is 382 g/mol. The largest absolute Gasteiger partial charge is 0.464 e. The molecule has 0 saturated carbocycles. The summed E-state index contributed by atoms with van der Waals surface area (Å²) >= 11 is 0. The van der Waals surface area contributed by atoms with Gasteiger partial charge in [0.15, 0.2) is 0 Å². The standard InChI is InChI=1S/C20H23NO6S/c1-2-27-20(23)18(11-12-28(24,25)26)21-19(22)14-15-7-6-10-17(13-15)16-8-4-3-5-9-16/h3-10,13,18H,2,11-12,14H2,1H3,(H,21,22)(H,24,25,26)/t18-/m0/s1. The summed E-state index contributed by atoms with van der Waals surface area (Å²) < 4.78 is 35.7. The number of hydrogen-bond acceptors (Lipinski definition) is 5. The molecule has 0 aliphatic carbocycles. The van der Waals surface area contributed by atoms with Crippen molar-refractivity contribution in [2.24, 2.45) is 0 Å². The minimum absolute atomic E-state index is 0.0163. The summed E-state index contributed by atoms with van der Waals surface area (Å²) in [6.07, 6.45) is -0.254. The number of hydrogen-bond donors (Lipinski definition) is 2. The van der Waals surface area contributed by atoms with Crippen LogP contribution in [0.5, 0.6) is 0 Å². The zero-order chi connectivity index (χ0) is 20.6. The molecule has 0 aromatic heterocycles. The molecule has 1 atom stereocenters. The number of esters is 1. The van der Waals surface area contributed by atoms with Crippen LogP contribution in [0.3, 0.4) is 0 Å². The molecule has 0 aliphatic rings. The van der Waals surface area contributed by atoms with E-state index in [4.69, 9.17) is 9.29 Å². The van der Waals surface area contributed by atoms with Crippen LogP contribution in [0, 0.1) is 0 Å². The van der Waals surface area contributed by atoms with Gasteiger partial charge in [0.25, 0.3) is 10.1 Å². The lowest BCUT2D eigenvalue weighted by Crippen LogP contribution is -2.43. The first kappa shape index (κ1) is 21.6. The van der Waals surface area contributed by atoms with Gasteiger partial charge in [-0.2, -0.15) is 8.42 Å². The second-order valence-corrected chi connectivity index (χ2v) is 7.76. The molecule has 1 amide bonds. The fraction of sp³-hybridized carbons (Fsp3) is 0.300. The molecule has 0 radical (unpaired) electrons. The second kappa shape index (κ2) is 10.0. The van der Waals surface area contributed by atoms with E-state index in [1.54, 1.807) is 13.0 Å². The number of rotatable bonds is 9. The van der Waals surface area contributed by atoms with Crippen molar-refractivity contribution in [3.8, 4) is 11.1 Å². The van der Waals surface area contributed by atoms with Crippen molar-refractivity contribution in [1.29, 1.82) is 0 Å². The summed E-state index contributed by atoms with van der Waals surface area (Å²) in [6.45, 7) is 1.70. The zero-order valence-electron chi connectivity index (χ0n) is 15.5. The average molecular weight is 405 g/mol. The molecule has 2 N–H and O–H groups in total. The Bertz CT molecular complexity index is 911. The van der Waals surface area contributed by atoms with Gasteiger partial charge in [-0.25, -0.2) is 4.79 Å². The molecular formula is C20H23NO6S. The van der Waals surface area contributed by atoms with Crippen LogP contribution in [-0.2, 0) is 30.9 Å². The lowest BCUT2D eigenvalue weighted by molar-refractivity contribution is -0.147. The molecule has 8 heteroatoms. The topological polar surface area (TPSA) is 110 Å². The predicted octanol–water partition coefficient (Wildman–Crippen LogP) is 2.22. The first-order valence-corrected chi connectivity index (χ1v) is 10.4. The Hall–Kier alpha value is -2.71. The smallest absolute Gasteiger partial charge is 0.328 e. The first-order valence-electron chi connectivity index (χ1n) is 8.84. The van der Waals surface area contributed by atoms with Gasteiger partial charge in [0.1, 0.15) is 6.04 Å². The van der Waals surface area contributed by atoms with Crippen LogP contribution >= 0.6 is 0 Å². The van der Waals surface area contributed by atoms with E-state index in [1.807, 2.05) is 48.5 Å². The quantitative estimate of drug-likeness (QED) is 0.489. The van der Waals surface area contributed by atoms with Crippen molar-refractivity contribution in [2.75, 3.05) is 12.4 Å². The molecule has 0 unspecified atom stereocenters. The third-order valence-corrected chi connectivity index (χ3v) is 4.72. The van der Waals surface area contributed by atoms with E-state index in [2.05, 4.69) is 5.32 Å². The van der Waals surface area contributed by atoms with Gasteiger partial charge in [-0.15, -0.1) is 0 Å². The van der Waals surface area contributed by atoms with E-state index in [9.17, 15) is 18.0 Å². The fourth-order valence-corrected chi connectivity index (χ4v) is 3.21. The fourth-order valence-electron chi connectivity index (χ4n) is 2.68. The molecule has 0 saturated heterocycles. The third kappa shape index (κ3) is 7.13. The number of carbonyl (C=O) groups excluding carboxylic acids is 2. The summed E-state index contributed by atoms with van der Waals surface area (Å²) in [5.74, 6) is -1.84. The summed E-state index contributed by atoms with van der Waals surface area (Å²) in [5, 5.41) is 2.49. The van der Waals surface area contributed by atoms with Crippen molar-refractivity contribution < 1.29 is 27.3 Å². The summed E-state index contributed by atoms with van der Waals surface area (Å²) in [7, 11) is -4.26. The van der Waals surface area contributed by atoms with Gasteiger partial charge in [-0.05, 0) is 30.0 Å². The maximum Gasteiger partial charge on any atom is 0.328 e. The Labute approximate surface area is 164 Å². The molecule has 150 valence electrons. The van der Waals surface area contributed by atoms with Crippen LogP contribution in [0.25, 0.3) is 11.1 Å². The van der Waals surface area contributed by atoms with Gasteiger partial charge in [-0.1, -0.05) is 54.6 Å². The minimum Gasteiger partial charge on any atom is -0.464 e. The van der Waals surface area contributed by atoms with Gasteiger partial charge in [0, 0.05) is 0 Å². The molecule has 28 heavy (non-hydrogen) atoms. The Balaban J connectivity index is 2.06. The number of nitrogens with one attached hydrogen (secondary N) is 1. The van der Waals surface area contributed by atoms with E-state index >= 15 is 0 Å². The molecule has 0 fully saturated rings. The summed E-state index contributed by atoms with van der Waals surface area (Å²) in [6, 6.07) is 16.0. The highest BCUT2D eigenvalue weighted by atomic mass is 32.2. The number of benzene rings is 2. The zero-order valence-corrected chi connectivity index (χ0v) is 16.3. The van der Waals surface area contributed by atoms with Gasteiger partial charge < -0.3 is 10.1 Å². The number of ether oxygens (including phenoxy) is 1. The second-order valence-electron chi connectivity index (χ2n) is 6.19. The van der Waals surface area contributed by atoms with E-state index in [0.717, 1.165) is 16.7 Å². The predicted molar refractivity (Wildman–Crippen MR) is 105 cm³/mol. The Morgan fingerprint density at radius 3 is 2.39 bits per heavy atom. The van der Waals surface area contributed by atoms with Crippen molar-refractivity contribution in [2.45, 2.75) is 25.8 Å². The summed E-state index contributed by atoms with van der Waals surface area (Å²) in [5.41, 5.74) is 2.72. The van der Waals surface area contributed by atoms with Gasteiger partial charge in [0.05, 0.1) is 18.8 Å². The van der Waals surface area contributed by atoms with Crippen LogP contribution in [0.2, 0.25) is 0 Å². The van der Waals surface area contributed by atoms with Crippen LogP contribution < -0.4 is 5.32 Å². The molecule has 2 aromatic rings. The number of amides is 1. The van der Waals surface area contributed by atoms with Crippen LogP contribution in [0.15, 0.2) is 54.6 Å². The maximum atomic E-state index is 12.4. The van der Waals surface area contributed by atoms with Crippen LogP contribution in [0.4, 0.5) is 0 Å². The van der Waals surface area contributed by atoms with E-state index in [1.165, 1.54) is 0 Å². The molecule has 0 spiro atoms. The van der Waals surface area contributed by atoms with Crippen molar-refractivity contribution in [3.05, 3.63) is 60.2 Å². The van der Waals surface area contributed by atoms with E-state index in [-0.39, 0.29) is 19.4 Å². The van der Waals surface area contributed by atoms with Crippen molar-refractivity contribution >= 4 is 22.0 Å². The van der Waals surface area contributed by atoms with Gasteiger partial charge in [-0.3, -0.25) is 9.35 Å². The monoisotopic (exact) mass is 405 g/mol. The molecule has 0 aliphatic heterocycles. The summed E-state index contributed by atoms with van der Waals surface area (Å²) in [4.78, 5) is 24.3. The Morgan fingerprint density at radius 2 is 1.75 bits per heavy atom. The van der Waals surface area contributed by atoms with Crippen molar-refractivity contribution in [3.63, 3.8) is 0 Å². The first-order chi connectivity index (χ1) is 13.3. The normalized spacial score (nSPS) is 12.2. The lowest BCUT2D eigenvalue weighted by atomic mass is 10.0. The highest BCUT2D eigenvalue weighted by molar-refractivity contribution is 7.85. The molecule has 7 nitrogen and oxygen atoms in total. The van der Waals surface area contributed by atoms with Crippen molar-refractivity contribution in [1.82, 2.24) is 5.32 Å². The molecule has 0 heterocycles. The molecule has 2 aromatic carbocycles. The van der Waals surface area contributed by atoms with Gasteiger partial charge >= 0.3 is 5.97 Å². The maximum absolute atomic E-state index is 12.4. The highest BCUT2D eigenvalue weighted by Gasteiger charge is 2.24. The SMILES string of the molecule is CCOC(=O)[C@H](CCS(=O)(=O)O)NC(=O)Cc1cccc(-c2ccccc2)c1. The van der Waals surface area contributed by atoms with Gasteiger partial charge in [0.2, 0.25) is 5.91 Å². The highest BCUT2D eigenvalue weighted by Crippen LogP contribution is 2.20. The molecule has 2 rings (SSSR count).